The van der Waals surface area contributed by atoms with Crippen LogP contribution in [0.5, 0.6) is 0 Å². The normalized spacial score (nSPS) is 16.0. The number of aliphatic hydroxyl groups is 1. The van der Waals surface area contributed by atoms with E-state index in [1.165, 1.54) is 10.4 Å². The van der Waals surface area contributed by atoms with E-state index >= 15 is 0 Å². The van der Waals surface area contributed by atoms with Gasteiger partial charge in [-0.05, 0) is 23.9 Å². The van der Waals surface area contributed by atoms with Gasteiger partial charge in [0.25, 0.3) is 0 Å². The van der Waals surface area contributed by atoms with Crippen LogP contribution in [0.15, 0.2) is 11.4 Å². The molecule has 1 atom stereocenters. The van der Waals surface area contributed by atoms with Crippen LogP contribution in [0.1, 0.15) is 17.4 Å². The van der Waals surface area contributed by atoms with Crippen LogP contribution >= 0.6 is 11.3 Å². The summed E-state index contributed by atoms with van der Waals surface area (Å²) in [5.74, 6) is 0. The molecular formula is C9H15NOS. The molecule has 12 heavy (non-hydrogen) atoms. The third kappa shape index (κ3) is 1.68. The lowest BCUT2D eigenvalue weighted by Crippen LogP contribution is -2.34. The van der Waals surface area contributed by atoms with E-state index in [0.29, 0.717) is 6.54 Å². The van der Waals surface area contributed by atoms with Gasteiger partial charge in [0.05, 0.1) is 6.61 Å². The van der Waals surface area contributed by atoms with Crippen LogP contribution in [-0.4, -0.2) is 18.3 Å². The Hall–Kier alpha value is -0.380. The van der Waals surface area contributed by atoms with Crippen LogP contribution in [0.2, 0.25) is 0 Å². The van der Waals surface area contributed by atoms with Crippen molar-refractivity contribution in [3.8, 4) is 0 Å². The Labute approximate surface area is 77.0 Å². The van der Waals surface area contributed by atoms with E-state index in [1.54, 1.807) is 11.3 Å². The van der Waals surface area contributed by atoms with Crippen molar-refractivity contribution in [1.29, 1.82) is 0 Å². The fourth-order valence-electron chi connectivity index (χ4n) is 0.991. The van der Waals surface area contributed by atoms with Gasteiger partial charge in [0, 0.05) is 16.8 Å². The average molecular weight is 185 g/mol. The zero-order valence-corrected chi connectivity index (χ0v) is 8.32. The molecule has 3 N–H and O–H groups in total. The van der Waals surface area contributed by atoms with E-state index in [0.717, 1.165) is 0 Å². The zero-order valence-electron chi connectivity index (χ0n) is 7.50. The highest BCUT2D eigenvalue weighted by atomic mass is 32.1. The first-order chi connectivity index (χ1) is 5.62. The zero-order chi connectivity index (χ0) is 9.19. The summed E-state index contributed by atoms with van der Waals surface area (Å²) in [5, 5.41) is 11.3. The molecular weight excluding hydrogens is 170 g/mol. The lowest BCUT2D eigenvalue weighted by molar-refractivity contribution is 0.213. The fourth-order valence-corrected chi connectivity index (χ4v) is 2.06. The summed E-state index contributed by atoms with van der Waals surface area (Å²) in [4.78, 5) is 1.17. The molecule has 0 spiro atoms. The van der Waals surface area contributed by atoms with Crippen LogP contribution in [0.3, 0.4) is 0 Å². The van der Waals surface area contributed by atoms with E-state index < -0.39 is 0 Å². The first-order valence-corrected chi connectivity index (χ1v) is 4.87. The van der Waals surface area contributed by atoms with Crippen LogP contribution in [0.4, 0.5) is 0 Å². The van der Waals surface area contributed by atoms with Crippen molar-refractivity contribution in [3.05, 3.63) is 21.9 Å². The van der Waals surface area contributed by atoms with E-state index in [9.17, 15) is 5.11 Å². The van der Waals surface area contributed by atoms with E-state index in [-0.39, 0.29) is 12.0 Å². The number of aryl methyl sites for hydroxylation is 1. The summed E-state index contributed by atoms with van der Waals surface area (Å²) >= 11 is 1.67. The molecule has 1 aromatic rings. The van der Waals surface area contributed by atoms with Gasteiger partial charge in [-0.2, -0.15) is 0 Å². The molecule has 1 unspecified atom stereocenters. The second-order valence-electron chi connectivity index (χ2n) is 3.41. The summed E-state index contributed by atoms with van der Waals surface area (Å²) < 4.78 is 0. The Morgan fingerprint density at radius 3 is 2.67 bits per heavy atom. The Morgan fingerprint density at radius 2 is 2.33 bits per heavy atom. The van der Waals surface area contributed by atoms with E-state index in [2.05, 4.69) is 11.4 Å². The van der Waals surface area contributed by atoms with E-state index in [1.807, 2.05) is 13.8 Å². The molecule has 0 fully saturated rings. The predicted octanol–water partition coefficient (Wildman–Crippen LogP) is 1.27. The van der Waals surface area contributed by atoms with Crippen molar-refractivity contribution >= 4 is 11.3 Å². The molecule has 0 aromatic carbocycles. The molecule has 0 saturated carbocycles. The van der Waals surface area contributed by atoms with Gasteiger partial charge < -0.3 is 10.8 Å². The van der Waals surface area contributed by atoms with Gasteiger partial charge in [-0.3, -0.25) is 0 Å². The molecule has 0 saturated heterocycles. The first kappa shape index (κ1) is 9.71. The summed E-state index contributed by atoms with van der Waals surface area (Å²) in [6.07, 6.45) is 0. The lowest BCUT2D eigenvalue weighted by Gasteiger charge is -2.23. The number of nitrogens with two attached hydrogens (primary N) is 1. The predicted molar refractivity (Wildman–Crippen MR) is 52.5 cm³/mol. The minimum atomic E-state index is -0.251. The molecule has 0 aliphatic rings. The Balaban J connectivity index is 2.94. The van der Waals surface area contributed by atoms with Gasteiger partial charge in [-0.25, -0.2) is 0 Å². The third-order valence-electron chi connectivity index (χ3n) is 2.12. The van der Waals surface area contributed by atoms with Gasteiger partial charge in [0.15, 0.2) is 0 Å². The second kappa shape index (κ2) is 3.56. The minimum Gasteiger partial charge on any atom is -0.395 e. The summed E-state index contributed by atoms with van der Waals surface area (Å²) in [6.45, 7) is 4.64. The highest BCUT2D eigenvalue weighted by Gasteiger charge is 2.25. The summed E-state index contributed by atoms with van der Waals surface area (Å²) in [6, 6.07) is 2.09. The smallest absolute Gasteiger partial charge is 0.0545 e. The Morgan fingerprint density at radius 1 is 1.67 bits per heavy atom. The van der Waals surface area contributed by atoms with Gasteiger partial charge in [-0.15, -0.1) is 11.3 Å². The van der Waals surface area contributed by atoms with Gasteiger partial charge >= 0.3 is 0 Å². The van der Waals surface area contributed by atoms with Gasteiger partial charge in [-0.1, -0.05) is 6.92 Å². The van der Waals surface area contributed by atoms with Crippen molar-refractivity contribution in [2.75, 3.05) is 13.2 Å². The highest BCUT2D eigenvalue weighted by molar-refractivity contribution is 7.10. The fraction of sp³-hybridized carbons (Fsp3) is 0.556. The SMILES string of the molecule is Cc1csc(C(C)(CN)CO)c1. The number of thiophene rings is 1. The van der Waals surface area contributed by atoms with Crippen molar-refractivity contribution in [1.82, 2.24) is 0 Å². The molecule has 0 amide bonds. The van der Waals surface area contributed by atoms with Crippen molar-refractivity contribution < 1.29 is 5.11 Å². The molecule has 1 rings (SSSR count). The molecule has 2 nitrogen and oxygen atoms in total. The van der Waals surface area contributed by atoms with Crippen LogP contribution in [-0.2, 0) is 5.41 Å². The van der Waals surface area contributed by atoms with Gasteiger partial charge in [0.2, 0.25) is 0 Å². The number of hydrogen-bond donors (Lipinski definition) is 2. The number of hydrogen-bond acceptors (Lipinski definition) is 3. The van der Waals surface area contributed by atoms with Crippen molar-refractivity contribution in [2.45, 2.75) is 19.3 Å². The highest BCUT2D eigenvalue weighted by Crippen LogP contribution is 2.28. The maximum absolute atomic E-state index is 9.17. The topological polar surface area (TPSA) is 46.2 Å². The number of rotatable bonds is 3. The molecule has 0 aliphatic carbocycles. The third-order valence-corrected chi connectivity index (χ3v) is 3.48. The van der Waals surface area contributed by atoms with Crippen molar-refractivity contribution in [3.63, 3.8) is 0 Å². The molecule has 1 heterocycles. The minimum absolute atomic E-state index is 0.115. The maximum atomic E-state index is 9.17. The maximum Gasteiger partial charge on any atom is 0.0545 e. The Bertz CT molecular complexity index is 253. The van der Waals surface area contributed by atoms with Crippen LogP contribution in [0, 0.1) is 6.92 Å². The molecule has 68 valence electrons. The van der Waals surface area contributed by atoms with Crippen LogP contribution < -0.4 is 5.73 Å². The Kier molecular flexibility index (Phi) is 2.88. The molecule has 1 aromatic heterocycles. The largest absolute Gasteiger partial charge is 0.395 e. The van der Waals surface area contributed by atoms with Gasteiger partial charge in [0.1, 0.15) is 0 Å². The second-order valence-corrected chi connectivity index (χ2v) is 4.32. The van der Waals surface area contributed by atoms with E-state index in [4.69, 9.17) is 5.73 Å². The molecule has 3 heteroatoms. The molecule has 0 aliphatic heterocycles. The molecule has 0 bridgehead atoms. The average Bonchev–Trinajstić information content (AvgIpc) is 2.51. The van der Waals surface area contributed by atoms with Crippen LogP contribution in [0.25, 0.3) is 0 Å². The molecule has 0 radical (unpaired) electrons. The monoisotopic (exact) mass is 185 g/mol. The summed E-state index contributed by atoms with van der Waals surface area (Å²) in [5.41, 5.74) is 6.59. The quantitative estimate of drug-likeness (QED) is 0.745. The summed E-state index contributed by atoms with van der Waals surface area (Å²) in [7, 11) is 0. The van der Waals surface area contributed by atoms with Crippen molar-refractivity contribution in [2.24, 2.45) is 5.73 Å². The lowest BCUT2D eigenvalue weighted by atomic mass is 9.90. The first-order valence-electron chi connectivity index (χ1n) is 3.99. The number of aliphatic hydroxyl groups excluding tert-OH is 1. The standard InChI is InChI=1S/C9H15NOS/c1-7-3-8(12-4-7)9(2,5-10)6-11/h3-4,11H,5-6,10H2,1-2H3.